The first kappa shape index (κ1) is 19.0. The van der Waals surface area contributed by atoms with E-state index in [1.807, 2.05) is 0 Å². The van der Waals surface area contributed by atoms with Crippen molar-refractivity contribution in [1.82, 2.24) is 5.32 Å². The molecule has 7 heteroatoms. The Hall–Kier alpha value is -2.03. The van der Waals surface area contributed by atoms with Crippen molar-refractivity contribution in [3.63, 3.8) is 0 Å². The van der Waals surface area contributed by atoms with Crippen molar-refractivity contribution in [1.29, 1.82) is 0 Å². The number of carbonyl (C=O) groups is 2. The van der Waals surface area contributed by atoms with Gasteiger partial charge in [0.2, 0.25) is 5.91 Å². The molecule has 116 valence electrons. The molecule has 0 heterocycles. The van der Waals surface area contributed by atoms with Crippen molar-refractivity contribution in [2.75, 3.05) is 19.6 Å². The van der Waals surface area contributed by atoms with Crippen LogP contribution in [-0.2, 0) is 9.59 Å². The summed E-state index contributed by atoms with van der Waals surface area (Å²) in [6.07, 6.45) is 8.59. The van der Waals surface area contributed by atoms with Crippen LogP contribution in [0.3, 0.4) is 0 Å². The maximum Gasteiger partial charge on any atom is 0.220 e. The smallest absolute Gasteiger partial charge is 0.220 e. The van der Waals surface area contributed by atoms with Crippen molar-refractivity contribution >= 4 is 11.7 Å². The molecule has 0 aromatic rings. The summed E-state index contributed by atoms with van der Waals surface area (Å²) in [7, 11) is 0. The molecule has 0 spiro atoms. The third kappa shape index (κ3) is 10.4. The summed E-state index contributed by atoms with van der Waals surface area (Å²) >= 11 is 0. The Kier molecular flexibility index (Phi) is 11.7. The first-order valence-corrected chi connectivity index (χ1v) is 7.09. The molecule has 0 radical (unpaired) electrons. The van der Waals surface area contributed by atoms with Crippen LogP contribution >= 0.6 is 0 Å². The maximum absolute atomic E-state index is 11.7. The number of rotatable bonds is 12. The molecule has 1 amide bonds. The third-order valence-corrected chi connectivity index (χ3v) is 3.09. The van der Waals surface area contributed by atoms with Gasteiger partial charge in [-0.05, 0) is 24.8 Å². The SMILES string of the molecule is C#CCCC(=O)NCCC(CCCCN=[N+]=[N-])C(=O)CN. The molecule has 0 aliphatic heterocycles. The van der Waals surface area contributed by atoms with E-state index in [4.69, 9.17) is 17.7 Å². The van der Waals surface area contributed by atoms with E-state index in [2.05, 4.69) is 21.3 Å². The van der Waals surface area contributed by atoms with E-state index >= 15 is 0 Å². The molecule has 0 aromatic carbocycles. The van der Waals surface area contributed by atoms with Gasteiger partial charge in [0.15, 0.2) is 0 Å². The second kappa shape index (κ2) is 13.0. The fourth-order valence-corrected chi connectivity index (χ4v) is 1.91. The normalized spacial score (nSPS) is 11.0. The Bertz CT molecular complexity index is 410. The van der Waals surface area contributed by atoms with Crippen LogP contribution in [0.5, 0.6) is 0 Å². The van der Waals surface area contributed by atoms with E-state index in [9.17, 15) is 9.59 Å². The summed E-state index contributed by atoms with van der Waals surface area (Å²) in [4.78, 5) is 25.8. The van der Waals surface area contributed by atoms with E-state index in [0.29, 0.717) is 38.8 Å². The number of amides is 1. The average Bonchev–Trinajstić information content (AvgIpc) is 2.50. The van der Waals surface area contributed by atoms with Gasteiger partial charge in [0.1, 0.15) is 5.78 Å². The molecule has 0 aromatic heterocycles. The van der Waals surface area contributed by atoms with Crippen molar-refractivity contribution in [3.05, 3.63) is 10.4 Å². The zero-order valence-electron chi connectivity index (χ0n) is 12.3. The number of azide groups is 1. The van der Waals surface area contributed by atoms with Crippen molar-refractivity contribution in [3.8, 4) is 12.3 Å². The van der Waals surface area contributed by atoms with Gasteiger partial charge in [-0.15, -0.1) is 12.3 Å². The fourth-order valence-electron chi connectivity index (χ4n) is 1.91. The van der Waals surface area contributed by atoms with Crippen LogP contribution in [0.25, 0.3) is 10.4 Å². The Morgan fingerprint density at radius 2 is 2.14 bits per heavy atom. The number of nitrogens with one attached hydrogen (secondary N) is 1. The number of hydrogen-bond donors (Lipinski definition) is 2. The third-order valence-electron chi connectivity index (χ3n) is 3.09. The molecule has 1 unspecified atom stereocenters. The minimum Gasteiger partial charge on any atom is -0.356 e. The first-order chi connectivity index (χ1) is 10.2. The highest BCUT2D eigenvalue weighted by Crippen LogP contribution is 2.13. The van der Waals surface area contributed by atoms with Gasteiger partial charge in [0.05, 0.1) is 6.54 Å². The van der Waals surface area contributed by atoms with Crippen LogP contribution in [0.15, 0.2) is 5.11 Å². The van der Waals surface area contributed by atoms with E-state index in [1.165, 1.54) is 0 Å². The Balaban J connectivity index is 4.01. The number of hydrogen-bond acceptors (Lipinski definition) is 4. The van der Waals surface area contributed by atoms with Gasteiger partial charge < -0.3 is 11.1 Å². The monoisotopic (exact) mass is 293 g/mol. The Morgan fingerprint density at radius 1 is 1.38 bits per heavy atom. The summed E-state index contributed by atoms with van der Waals surface area (Å²) in [5.41, 5.74) is 13.6. The van der Waals surface area contributed by atoms with E-state index in [0.717, 1.165) is 12.8 Å². The Labute approximate surface area is 125 Å². The molecule has 1 atom stereocenters. The molecule has 0 bridgehead atoms. The fraction of sp³-hybridized carbons (Fsp3) is 0.714. The summed E-state index contributed by atoms with van der Waals surface area (Å²) in [5.74, 6) is 2.14. The first-order valence-electron chi connectivity index (χ1n) is 7.09. The molecule has 0 aliphatic rings. The van der Waals surface area contributed by atoms with Gasteiger partial charge in [-0.2, -0.15) is 0 Å². The Morgan fingerprint density at radius 3 is 2.76 bits per heavy atom. The van der Waals surface area contributed by atoms with Gasteiger partial charge in [-0.3, -0.25) is 9.59 Å². The van der Waals surface area contributed by atoms with Gasteiger partial charge in [0, 0.05) is 36.8 Å². The number of ketones is 1. The van der Waals surface area contributed by atoms with Crippen LogP contribution in [0.4, 0.5) is 0 Å². The van der Waals surface area contributed by atoms with Crippen LogP contribution in [0.2, 0.25) is 0 Å². The highest BCUT2D eigenvalue weighted by atomic mass is 16.1. The molecular weight excluding hydrogens is 270 g/mol. The molecule has 0 saturated carbocycles. The molecular formula is C14H23N5O2. The zero-order valence-corrected chi connectivity index (χ0v) is 12.3. The molecule has 21 heavy (non-hydrogen) atoms. The van der Waals surface area contributed by atoms with Crippen LogP contribution in [0.1, 0.15) is 38.5 Å². The summed E-state index contributed by atoms with van der Waals surface area (Å²) in [6, 6.07) is 0. The van der Waals surface area contributed by atoms with Crippen molar-refractivity contribution in [2.24, 2.45) is 16.8 Å². The number of unbranched alkanes of at least 4 members (excludes halogenated alkanes) is 1. The summed E-state index contributed by atoms with van der Waals surface area (Å²) in [5, 5.41) is 6.19. The lowest BCUT2D eigenvalue weighted by atomic mass is 9.93. The van der Waals surface area contributed by atoms with Gasteiger partial charge in [-0.25, -0.2) is 0 Å². The van der Waals surface area contributed by atoms with E-state index < -0.39 is 0 Å². The molecule has 0 saturated heterocycles. The minimum atomic E-state index is -0.158. The van der Waals surface area contributed by atoms with E-state index in [1.54, 1.807) is 0 Å². The molecule has 0 aliphatic carbocycles. The number of nitrogens with two attached hydrogens (primary N) is 1. The zero-order chi connectivity index (χ0) is 15.9. The molecule has 0 fully saturated rings. The van der Waals surface area contributed by atoms with Crippen LogP contribution < -0.4 is 11.1 Å². The predicted octanol–water partition coefficient (Wildman–Crippen LogP) is 1.53. The second-order valence-electron chi connectivity index (χ2n) is 4.66. The summed E-state index contributed by atoms with van der Waals surface area (Å²) in [6.45, 7) is 0.880. The predicted molar refractivity (Wildman–Crippen MR) is 81.1 cm³/mol. The lowest BCUT2D eigenvalue weighted by molar-refractivity contribution is -0.123. The van der Waals surface area contributed by atoms with Gasteiger partial charge >= 0.3 is 0 Å². The summed E-state index contributed by atoms with van der Waals surface area (Å²) < 4.78 is 0. The lowest BCUT2D eigenvalue weighted by Gasteiger charge is -2.15. The maximum atomic E-state index is 11.7. The second-order valence-corrected chi connectivity index (χ2v) is 4.66. The van der Waals surface area contributed by atoms with Crippen LogP contribution in [-0.4, -0.2) is 31.3 Å². The highest BCUT2D eigenvalue weighted by Gasteiger charge is 2.16. The van der Waals surface area contributed by atoms with E-state index in [-0.39, 0.29) is 24.2 Å². The topological polar surface area (TPSA) is 121 Å². The number of terminal acetylenes is 1. The minimum absolute atomic E-state index is 0.00309. The van der Waals surface area contributed by atoms with Gasteiger partial charge in [-0.1, -0.05) is 11.5 Å². The number of Topliss-reactive ketones (excluding diaryl/α,β-unsaturated/α-hetero) is 1. The quantitative estimate of drug-likeness (QED) is 0.186. The van der Waals surface area contributed by atoms with Crippen LogP contribution in [0, 0.1) is 18.3 Å². The highest BCUT2D eigenvalue weighted by molar-refractivity contribution is 5.82. The van der Waals surface area contributed by atoms with Crippen molar-refractivity contribution < 1.29 is 9.59 Å². The molecule has 3 N–H and O–H groups in total. The number of nitrogens with zero attached hydrogens (tertiary/aromatic N) is 3. The number of carbonyl (C=O) groups excluding carboxylic acids is 2. The molecule has 0 rings (SSSR count). The molecule has 7 nitrogen and oxygen atoms in total. The largest absolute Gasteiger partial charge is 0.356 e. The van der Waals surface area contributed by atoms with Crippen molar-refractivity contribution in [2.45, 2.75) is 38.5 Å². The van der Waals surface area contributed by atoms with Gasteiger partial charge in [0.25, 0.3) is 0 Å². The average molecular weight is 293 g/mol. The standard InChI is InChI=1S/C14H23N5O2/c1-2-3-7-14(21)17-10-8-12(13(20)11-15)6-4-5-9-18-19-16/h1,12H,3-11,15H2,(H,17,21). The lowest BCUT2D eigenvalue weighted by Crippen LogP contribution is -2.30.